The van der Waals surface area contributed by atoms with Crippen LogP contribution in [-0.4, -0.2) is 16.4 Å². The van der Waals surface area contributed by atoms with Gasteiger partial charge in [-0.3, -0.25) is 14.9 Å². The molecule has 6 nitrogen and oxygen atoms in total. The molecule has 0 bridgehead atoms. The van der Waals surface area contributed by atoms with Gasteiger partial charge in [0.2, 0.25) is 5.91 Å². The lowest BCUT2D eigenvalue weighted by Crippen LogP contribution is -2.44. The number of nitrogens with zero attached hydrogens (tertiary/aromatic N) is 1. The molecule has 0 fully saturated rings. The molecule has 2 aromatic rings. The quantitative estimate of drug-likeness (QED) is 0.607. The molecule has 27 heavy (non-hydrogen) atoms. The van der Waals surface area contributed by atoms with Crippen molar-refractivity contribution in [3.05, 3.63) is 69.8 Å². The highest BCUT2D eigenvalue weighted by atomic mass is 16.6. The standard InChI is InChI=1S/C21H24N2O4/c1-3-21(4-2)14-17(16-10-6-8-12-19(16)27-21)22-20(24)13-15-9-5-7-11-18(15)23(25)26/h5-12,17H,3-4,13-14H2,1-2H3,(H,22,24). The van der Waals surface area contributed by atoms with Crippen molar-refractivity contribution in [3.8, 4) is 5.75 Å². The van der Waals surface area contributed by atoms with Gasteiger partial charge in [-0.25, -0.2) is 0 Å². The van der Waals surface area contributed by atoms with Crippen molar-refractivity contribution in [3.63, 3.8) is 0 Å². The molecule has 0 radical (unpaired) electrons. The number of carbonyl (C=O) groups is 1. The Kier molecular flexibility index (Phi) is 5.44. The Balaban J connectivity index is 1.82. The van der Waals surface area contributed by atoms with E-state index in [4.69, 9.17) is 4.74 Å². The predicted octanol–water partition coefficient (Wildman–Crippen LogP) is 4.34. The summed E-state index contributed by atoms with van der Waals surface area (Å²) in [5, 5.41) is 14.2. The van der Waals surface area contributed by atoms with Crippen LogP contribution in [0, 0.1) is 10.1 Å². The minimum Gasteiger partial charge on any atom is -0.487 e. The van der Waals surface area contributed by atoms with Crippen LogP contribution in [0.3, 0.4) is 0 Å². The molecule has 0 spiro atoms. The van der Waals surface area contributed by atoms with Crippen molar-refractivity contribution >= 4 is 11.6 Å². The molecule has 6 heteroatoms. The maximum Gasteiger partial charge on any atom is 0.273 e. The van der Waals surface area contributed by atoms with E-state index in [1.165, 1.54) is 6.07 Å². The second kappa shape index (κ2) is 7.78. The van der Waals surface area contributed by atoms with Crippen molar-refractivity contribution in [2.75, 3.05) is 0 Å². The Morgan fingerprint density at radius 1 is 1.19 bits per heavy atom. The lowest BCUT2D eigenvalue weighted by Gasteiger charge is -2.41. The summed E-state index contributed by atoms with van der Waals surface area (Å²) in [5.41, 5.74) is 1.02. The van der Waals surface area contributed by atoms with E-state index in [1.54, 1.807) is 18.2 Å². The lowest BCUT2D eigenvalue weighted by atomic mass is 9.83. The number of hydrogen-bond acceptors (Lipinski definition) is 4. The first-order valence-corrected chi connectivity index (χ1v) is 9.27. The van der Waals surface area contributed by atoms with Gasteiger partial charge in [0.05, 0.1) is 17.4 Å². The molecule has 1 aliphatic rings. The zero-order valence-corrected chi connectivity index (χ0v) is 15.6. The summed E-state index contributed by atoms with van der Waals surface area (Å²) in [4.78, 5) is 23.4. The summed E-state index contributed by atoms with van der Waals surface area (Å²) in [6, 6.07) is 13.9. The van der Waals surface area contributed by atoms with Crippen LogP contribution in [0.5, 0.6) is 5.75 Å². The van der Waals surface area contributed by atoms with Gasteiger partial charge in [0.15, 0.2) is 0 Å². The monoisotopic (exact) mass is 368 g/mol. The van der Waals surface area contributed by atoms with Crippen molar-refractivity contribution in [1.29, 1.82) is 0 Å². The number of ether oxygens (including phenoxy) is 1. The smallest absolute Gasteiger partial charge is 0.273 e. The number of amides is 1. The van der Waals surface area contributed by atoms with Crippen LogP contribution in [0.1, 0.15) is 50.3 Å². The van der Waals surface area contributed by atoms with Crippen molar-refractivity contribution in [2.24, 2.45) is 0 Å². The highest BCUT2D eigenvalue weighted by molar-refractivity contribution is 5.80. The number of nitrogens with one attached hydrogen (secondary N) is 1. The van der Waals surface area contributed by atoms with E-state index >= 15 is 0 Å². The van der Waals surface area contributed by atoms with E-state index in [1.807, 2.05) is 24.3 Å². The van der Waals surface area contributed by atoms with E-state index in [9.17, 15) is 14.9 Å². The molecule has 1 N–H and O–H groups in total. The summed E-state index contributed by atoms with van der Waals surface area (Å²) in [7, 11) is 0. The van der Waals surface area contributed by atoms with E-state index in [-0.39, 0.29) is 29.7 Å². The van der Waals surface area contributed by atoms with Crippen LogP contribution >= 0.6 is 0 Å². The Labute approximate surface area is 158 Å². The van der Waals surface area contributed by atoms with Gasteiger partial charge in [-0.2, -0.15) is 0 Å². The highest BCUT2D eigenvalue weighted by Crippen LogP contribution is 2.42. The Hall–Kier alpha value is -2.89. The summed E-state index contributed by atoms with van der Waals surface area (Å²) in [6.45, 7) is 4.17. The first-order chi connectivity index (χ1) is 13.0. The fourth-order valence-electron chi connectivity index (χ4n) is 3.69. The van der Waals surface area contributed by atoms with Gasteiger partial charge >= 0.3 is 0 Å². The molecule has 1 heterocycles. The number of benzene rings is 2. The Bertz CT molecular complexity index is 846. The third-order valence-corrected chi connectivity index (χ3v) is 5.36. The average molecular weight is 368 g/mol. The first-order valence-electron chi connectivity index (χ1n) is 9.27. The SMILES string of the molecule is CCC1(CC)CC(NC(=O)Cc2ccccc2[N+](=O)[O-])c2ccccc2O1. The van der Waals surface area contributed by atoms with E-state index in [0.717, 1.165) is 24.2 Å². The number of para-hydroxylation sites is 2. The fraction of sp³-hybridized carbons (Fsp3) is 0.381. The minimum absolute atomic E-state index is 0.0259. The zero-order chi connectivity index (χ0) is 19.4. The van der Waals surface area contributed by atoms with Gasteiger partial charge in [-0.05, 0) is 18.9 Å². The normalized spacial score (nSPS) is 17.5. The zero-order valence-electron chi connectivity index (χ0n) is 15.6. The van der Waals surface area contributed by atoms with Crippen LogP contribution in [0.15, 0.2) is 48.5 Å². The molecule has 0 saturated heterocycles. The number of hydrogen-bond donors (Lipinski definition) is 1. The van der Waals surface area contributed by atoms with Gasteiger partial charge in [0, 0.05) is 23.6 Å². The largest absolute Gasteiger partial charge is 0.487 e. The number of fused-ring (bicyclic) bond motifs is 1. The highest BCUT2D eigenvalue weighted by Gasteiger charge is 2.39. The molecular weight excluding hydrogens is 344 g/mol. The number of nitro groups is 1. The first kappa shape index (κ1) is 18.9. The topological polar surface area (TPSA) is 81.5 Å². The molecule has 2 aromatic carbocycles. The summed E-state index contributed by atoms with van der Waals surface area (Å²) in [6.07, 6.45) is 2.34. The van der Waals surface area contributed by atoms with Crippen LogP contribution in [0.4, 0.5) is 5.69 Å². The molecule has 0 aromatic heterocycles. The molecule has 1 amide bonds. The summed E-state index contributed by atoms with van der Waals surface area (Å²) in [5.74, 6) is 0.565. The van der Waals surface area contributed by atoms with Crippen LogP contribution in [-0.2, 0) is 11.2 Å². The number of rotatable bonds is 6. The van der Waals surface area contributed by atoms with Crippen molar-refractivity contribution in [2.45, 2.75) is 51.2 Å². The van der Waals surface area contributed by atoms with E-state index in [2.05, 4.69) is 19.2 Å². The van der Waals surface area contributed by atoms with Crippen LogP contribution < -0.4 is 10.1 Å². The number of carbonyl (C=O) groups excluding carboxylic acids is 1. The molecule has 1 aliphatic heterocycles. The summed E-state index contributed by atoms with van der Waals surface area (Å²) >= 11 is 0. The maximum atomic E-state index is 12.7. The molecule has 142 valence electrons. The van der Waals surface area contributed by atoms with Gasteiger partial charge in [-0.1, -0.05) is 50.2 Å². The van der Waals surface area contributed by atoms with Gasteiger partial charge in [0.25, 0.3) is 5.69 Å². The maximum absolute atomic E-state index is 12.7. The average Bonchev–Trinajstić information content (AvgIpc) is 2.68. The predicted molar refractivity (Wildman–Crippen MR) is 103 cm³/mol. The van der Waals surface area contributed by atoms with Gasteiger partial charge < -0.3 is 10.1 Å². The van der Waals surface area contributed by atoms with Crippen LogP contribution in [0.25, 0.3) is 0 Å². The molecule has 3 rings (SSSR count). The van der Waals surface area contributed by atoms with E-state index in [0.29, 0.717) is 12.0 Å². The van der Waals surface area contributed by atoms with Crippen molar-refractivity contribution in [1.82, 2.24) is 5.32 Å². The third kappa shape index (κ3) is 3.94. The van der Waals surface area contributed by atoms with Gasteiger partial charge in [-0.15, -0.1) is 0 Å². The second-order valence-corrected chi connectivity index (χ2v) is 6.92. The second-order valence-electron chi connectivity index (χ2n) is 6.92. The molecule has 0 saturated carbocycles. The molecule has 1 atom stereocenters. The Morgan fingerprint density at radius 3 is 2.56 bits per heavy atom. The fourth-order valence-corrected chi connectivity index (χ4v) is 3.69. The molecule has 1 unspecified atom stereocenters. The summed E-state index contributed by atoms with van der Waals surface area (Å²) < 4.78 is 6.26. The molecular formula is C21H24N2O4. The third-order valence-electron chi connectivity index (χ3n) is 5.36. The minimum atomic E-state index is -0.453. The van der Waals surface area contributed by atoms with Crippen molar-refractivity contribution < 1.29 is 14.5 Å². The Morgan fingerprint density at radius 2 is 1.85 bits per heavy atom. The van der Waals surface area contributed by atoms with E-state index < -0.39 is 4.92 Å². The number of nitro benzene ring substituents is 1. The van der Waals surface area contributed by atoms with Crippen LogP contribution in [0.2, 0.25) is 0 Å². The molecule has 0 aliphatic carbocycles. The van der Waals surface area contributed by atoms with Gasteiger partial charge in [0.1, 0.15) is 11.4 Å². The lowest BCUT2D eigenvalue weighted by molar-refractivity contribution is -0.385.